The van der Waals surface area contributed by atoms with E-state index in [1.54, 1.807) is 32.0 Å². The van der Waals surface area contributed by atoms with Crippen LogP contribution >= 0.6 is 15.9 Å². The Morgan fingerprint density at radius 2 is 2.12 bits per heavy atom. The SMILES string of the molecule is COC(=O)C(C)(C)[C@@H](N)c1cccc(Br)c1O. The largest absolute Gasteiger partial charge is 0.506 e. The molecule has 1 atom stereocenters. The molecule has 0 saturated heterocycles. The number of para-hydroxylation sites is 1. The number of methoxy groups -OCH3 is 1. The summed E-state index contributed by atoms with van der Waals surface area (Å²) >= 11 is 3.21. The maximum atomic E-state index is 11.6. The van der Waals surface area contributed by atoms with Gasteiger partial charge in [-0.1, -0.05) is 12.1 Å². The Morgan fingerprint density at radius 3 is 2.65 bits per heavy atom. The second kappa shape index (κ2) is 5.06. The van der Waals surface area contributed by atoms with Crippen LogP contribution in [0.25, 0.3) is 0 Å². The van der Waals surface area contributed by atoms with Crippen LogP contribution in [-0.2, 0) is 9.53 Å². The van der Waals surface area contributed by atoms with Crippen LogP contribution in [0.4, 0.5) is 0 Å². The van der Waals surface area contributed by atoms with E-state index in [0.717, 1.165) is 0 Å². The van der Waals surface area contributed by atoms with Crippen LogP contribution in [-0.4, -0.2) is 18.2 Å². The number of benzene rings is 1. The molecule has 0 aromatic heterocycles. The lowest BCUT2D eigenvalue weighted by Gasteiger charge is -2.29. The Morgan fingerprint density at radius 1 is 1.53 bits per heavy atom. The highest BCUT2D eigenvalue weighted by atomic mass is 79.9. The second-order valence-corrected chi connectivity index (χ2v) is 5.22. The van der Waals surface area contributed by atoms with Gasteiger partial charge < -0.3 is 15.6 Å². The van der Waals surface area contributed by atoms with E-state index in [4.69, 9.17) is 10.5 Å². The molecule has 1 rings (SSSR count). The molecule has 0 heterocycles. The third kappa shape index (κ3) is 2.61. The number of phenolic OH excluding ortho intramolecular Hbond substituents is 1. The number of carbonyl (C=O) groups excluding carboxylic acids is 1. The summed E-state index contributed by atoms with van der Waals surface area (Å²) < 4.78 is 5.26. The standard InChI is InChI=1S/C12H16BrNO3/c1-12(2,11(16)17-3)10(14)7-5-4-6-8(13)9(7)15/h4-6,10,15H,14H2,1-3H3/t10-/m0/s1. The summed E-state index contributed by atoms with van der Waals surface area (Å²) in [4.78, 5) is 11.6. The van der Waals surface area contributed by atoms with E-state index in [9.17, 15) is 9.90 Å². The highest BCUT2D eigenvalue weighted by Gasteiger charge is 2.37. The first-order valence-electron chi connectivity index (χ1n) is 5.13. The topological polar surface area (TPSA) is 72.5 Å². The van der Waals surface area contributed by atoms with Crippen LogP contribution in [0.15, 0.2) is 22.7 Å². The van der Waals surface area contributed by atoms with Crippen LogP contribution < -0.4 is 5.73 Å². The lowest BCUT2D eigenvalue weighted by molar-refractivity contribution is -0.152. The molecule has 0 radical (unpaired) electrons. The van der Waals surface area contributed by atoms with Gasteiger partial charge in [-0.25, -0.2) is 0 Å². The van der Waals surface area contributed by atoms with Crippen LogP contribution in [0, 0.1) is 5.41 Å². The van der Waals surface area contributed by atoms with E-state index in [1.807, 2.05) is 0 Å². The van der Waals surface area contributed by atoms with Gasteiger partial charge in [0.1, 0.15) is 5.75 Å². The van der Waals surface area contributed by atoms with Crippen molar-refractivity contribution in [1.29, 1.82) is 0 Å². The zero-order chi connectivity index (χ0) is 13.2. The van der Waals surface area contributed by atoms with E-state index in [0.29, 0.717) is 10.0 Å². The lowest BCUT2D eigenvalue weighted by atomic mass is 9.81. The Hall–Kier alpha value is -1.07. The average Bonchev–Trinajstić information content (AvgIpc) is 2.30. The number of halogens is 1. The van der Waals surface area contributed by atoms with E-state index < -0.39 is 17.4 Å². The Balaban J connectivity index is 3.16. The fourth-order valence-electron chi connectivity index (χ4n) is 1.56. The third-order valence-electron chi connectivity index (χ3n) is 2.84. The van der Waals surface area contributed by atoms with Gasteiger partial charge in [-0.3, -0.25) is 4.79 Å². The zero-order valence-electron chi connectivity index (χ0n) is 10.0. The second-order valence-electron chi connectivity index (χ2n) is 4.37. The molecular formula is C12H16BrNO3. The van der Waals surface area contributed by atoms with E-state index in [2.05, 4.69) is 15.9 Å². The molecule has 0 fully saturated rings. The van der Waals surface area contributed by atoms with Gasteiger partial charge in [-0.05, 0) is 35.8 Å². The lowest BCUT2D eigenvalue weighted by Crippen LogP contribution is -2.37. The number of nitrogens with two attached hydrogens (primary N) is 1. The number of hydrogen-bond donors (Lipinski definition) is 2. The van der Waals surface area contributed by atoms with Gasteiger partial charge >= 0.3 is 5.97 Å². The summed E-state index contributed by atoms with van der Waals surface area (Å²) in [6.07, 6.45) is 0. The van der Waals surface area contributed by atoms with Crippen molar-refractivity contribution < 1.29 is 14.6 Å². The van der Waals surface area contributed by atoms with Crippen molar-refractivity contribution in [2.45, 2.75) is 19.9 Å². The Bertz CT molecular complexity index is 432. The molecule has 4 nitrogen and oxygen atoms in total. The van der Waals surface area contributed by atoms with Crippen molar-refractivity contribution in [3.63, 3.8) is 0 Å². The minimum atomic E-state index is -0.910. The van der Waals surface area contributed by atoms with Gasteiger partial charge in [-0.15, -0.1) is 0 Å². The third-order valence-corrected chi connectivity index (χ3v) is 3.48. The van der Waals surface area contributed by atoms with Gasteiger partial charge in [0.25, 0.3) is 0 Å². The van der Waals surface area contributed by atoms with Gasteiger partial charge in [-0.2, -0.15) is 0 Å². The molecule has 0 aliphatic rings. The summed E-state index contributed by atoms with van der Waals surface area (Å²) in [5, 5.41) is 9.91. The summed E-state index contributed by atoms with van der Waals surface area (Å²) in [5.74, 6) is -0.360. The van der Waals surface area contributed by atoms with Gasteiger partial charge in [0.05, 0.1) is 17.0 Å². The number of carbonyl (C=O) groups is 1. The Labute approximate surface area is 109 Å². The molecule has 0 amide bonds. The molecule has 0 unspecified atom stereocenters. The molecule has 0 saturated carbocycles. The van der Waals surface area contributed by atoms with Gasteiger partial charge in [0, 0.05) is 11.6 Å². The fourth-order valence-corrected chi connectivity index (χ4v) is 1.94. The number of hydrogen-bond acceptors (Lipinski definition) is 4. The van der Waals surface area contributed by atoms with Crippen molar-refractivity contribution in [2.75, 3.05) is 7.11 Å². The quantitative estimate of drug-likeness (QED) is 0.841. The molecule has 0 aliphatic carbocycles. The summed E-state index contributed by atoms with van der Waals surface area (Å²) in [7, 11) is 1.32. The molecule has 17 heavy (non-hydrogen) atoms. The highest BCUT2D eigenvalue weighted by Crippen LogP contribution is 2.39. The first-order chi connectivity index (χ1) is 7.82. The van der Waals surface area contributed by atoms with Crippen molar-refractivity contribution in [1.82, 2.24) is 0 Å². The van der Waals surface area contributed by atoms with Crippen molar-refractivity contribution in [2.24, 2.45) is 11.1 Å². The van der Waals surface area contributed by atoms with Gasteiger partial charge in [0.15, 0.2) is 0 Å². The summed E-state index contributed by atoms with van der Waals surface area (Å²) in [6.45, 7) is 3.37. The summed E-state index contributed by atoms with van der Waals surface area (Å²) in [5.41, 5.74) is 5.64. The molecule has 0 spiro atoms. The minimum absolute atomic E-state index is 0.0528. The van der Waals surface area contributed by atoms with Crippen molar-refractivity contribution >= 4 is 21.9 Å². The highest BCUT2D eigenvalue weighted by molar-refractivity contribution is 9.10. The normalized spacial score (nSPS) is 13.2. The predicted octanol–water partition coefficient (Wildman–Crippen LogP) is 2.35. The first-order valence-corrected chi connectivity index (χ1v) is 5.93. The summed E-state index contributed by atoms with van der Waals surface area (Å²) in [6, 6.07) is 4.51. The predicted molar refractivity (Wildman–Crippen MR) is 68.5 cm³/mol. The molecule has 5 heteroatoms. The monoisotopic (exact) mass is 301 g/mol. The van der Waals surface area contributed by atoms with Crippen LogP contribution in [0.5, 0.6) is 5.75 Å². The average molecular weight is 302 g/mol. The van der Waals surface area contributed by atoms with Gasteiger partial charge in [0.2, 0.25) is 0 Å². The van der Waals surface area contributed by atoms with Crippen LogP contribution in [0.3, 0.4) is 0 Å². The molecule has 0 aliphatic heterocycles. The number of ether oxygens (including phenoxy) is 1. The number of aromatic hydroxyl groups is 1. The first kappa shape index (κ1) is 14.0. The number of phenols is 1. The van der Waals surface area contributed by atoms with Crippen molar-refractivity contribution in [3.05, 3.63) is 28.2 Å². The maximum absolute atomic E-state index is 11.6. The number of esters is 1. The molecule has 0 bridgehead atoms. The van der Waals surface area contributed by atoms with Crippen LogP contribution in [0.2, 0.25) is 0 Å². The van der Waals surface area contributed by atoms with Crippen LogP contribution in [0.1, 0.15) is 25.5 Å². The molecule has 1 aromatic rings. The zero-order valence-corrected chi connectivity index (χ0v) is 11.6. The van der Waals surface area contributed by atoms with E-state index in [-0.39, 0.29) is 5.75 Å². The minimum Gasteiger partial charge on any atom is -0.506 e. The van der Waals surface area contributed by atoms with E-state index in [1.165, 1.54) is 7.11 Å². The molecule has 94 valence electrons. The van der Waals surface area contributed by atoms with E-state index >= 15 is 0 Å². The Kier molecular flexibility index (Phi) is 4.16. The molecular weight excluding hydrogens is 286 g/mol. The fraction of sp³-hybridized carbons (Fsp3) is 0.417. The molecule has 3 N–H and O–H groups in total. The smallest absolute Gasteiger partial charge is 0.313 e. The number of rotatable bonds is 3. The molecule has 1 aromatic carbocycles. The van der Waals surface area contributed by atoms with Crippen molar-refractivity contribution in [3.8, 4) is 5.75 Å². The maximum Gasteiger partial charge on any atom is 0.313 e.